The predicted molar refractivity (Wildman–Crippen MR) is 134 cm³/mol. The third kappa shape index (κ3) is 3.19. The van der Waals surface area contributed by atoms with Gasteiger partial charge in [0.2, 0.25) is 0 Å². The van der Waals surface area contributed by atoms with Crippen LogP contribution in [0.5, 0.6) is 0 Å². The maximum absolute atomic E-state index is 13.5. The fourth-order valence-corrected chi connectivity index (χ4v) is 4.99. The first-order chi connectivity index (χ1) is 16.6. The van der Waals surface area contributed by atoms with Gasteiger partial charge in [-0.05, 0) is 48.6 Å². The van der Waals surface area contributed by atoms with Crippen LogP contribution in [0.25, 0.3) is 21.7 Å². The van der Waals surface area contributed by atoms with Gasteiger partial charge in [0.1, 0.15) is 0 Å². The van der Waals surface area contributed by atoms with Gasteiger partial charge in [-0.15, -0.1) is 0 Å². The third-order valence-electron chi connectivity index (χ3n) is 6.61. The van der Waals surface area contributed by atoms with E-state index < -0.39 is 6.04 Å². The Bertz CT molecular complexity index is 1560. The molecule has 164 valence electrons. The van der Waals surface area contributed by atoms with Crippen LogP contribution in [-0.2, 0) is 6.42 Å². The lowest BCUT2D eigenvalue weighted by molar-refractivity contribution is 0.0579. The molecule has 1 aliphatic heterocycles. The van der Waals surface area contributed by atoms with Crippen molar-refractivity contribution in [3.8, 4) is 0 Å². The minimum atomic E-state index is -0.537. The maximum Gasteiger partial charge on any atom is 0.262 e. The number of imide groups is 1. The standard InChI is InChI=1S/C30H22N2O2/c1-19-15-16-26-25(17-19)21-11-5-6-12-22(21)28(31-26)27(18-20-9-3-2-4-10-20)32-29(33)23-13-7-8-14-24(23)30(32)34/h2-17,27H,18H2,1H3. The molecule has 1 unspecified atom stereocenters. The van der Waals surface area contributed by atoms with Crippen molar-refractivity contribution >= 4 is 33.5 Å². The summed E-state index contributed by atoms with van der Waals surface area (Å²) in [6, 6.07) is 30.8. The van der Waals surface area contributed by atoms with Gasteiger partial charge in [0, 0.05) is 10.8 Å². The van der Waals surface area contributed by atoms with Gasteiger partial charge in [0.25, 0.3) is 11.8 Å². The van der Waals surface area contributed by atoms with Crippen LogP contribution in [0.1, 0.15) is 43.6 Å². The average molecular weight is 443 g/mol. The first-order valence-electron chi connectivity index (χ1n) is 11.4. The van der Waals surface area contributed by atoms with Crippen LogP contribution in [0.4, 0.5) is 0 Å². The summed E-state index contributed by atoms with van der Waals surface area (Å²) in [5.74, 6) is -0.534. The molecule has 4 nitrogen and oxygen atoms in total. The summed E-state index contributed by atoms with van der Waals surface area (Å²) in [5.41, 5.74) is 4.70. The van der Waals surface area contributed by atoms with Crippen molar-refractivity contribution in [2.24, 2.45) is 0 Å². The summed E-state index contributed by atoms with van der Waals surface area (Å²) < 4.78 is 0. The molecule has 6 rings (SSSR count). The number of pyridine rings is 1. The van der Waals surface area contributed by atoms with Gasteiger partial charge in [-0.2, -0.15) is 0 Å². The summed E-state index contributed by atoms with van der Waals surface area (Å²) in [4.78, 5) is 33.5. The number of hydrogen-bond donors (Lipinski definition) is 0. The van der Waals surface area contributed by atoms with Crippen molar-refractivity contribution in [1.29, 1.82) is 0 Å². The van der Waals surface area contributed by atoms with Crippen molar-refractivity contribution in [2.75, 3.05) is 0 Å². The minimum Gasteiger partial charge on any atom is -0.269 e. The van der Waals surface area contributed by atoms with E-state index in [1.54, 1.807) is 24.3 Å². The second-order valence-corrected chi connectivity index (χ2v) is 8.79. The Morgan fingerprint density at radius 3 is 2.03 bits per heavy atom. The van der Waals surface area contributed by atoms with Gasteiger partial charge in [-0.25, -0.2) is 4.98 Å². The number of benzene rings is 4. The lowest BCUT2D eigenvalue weighted by atomic mass is 9.95. The molecule has 0 bridgehead atoms. The smallest absolute Gasteiger partial charge is 0.262 e. The van der Waals surface area contributed by atoms with E-state index >= 15 is 0 Å². The highest BCUT2D eigenvalue weighted by Gasteiger charge is 2.41. The summed E-state index contributed by atoms with van der Waals surface area (Å²) in [6.07, 6.45) is 0.487. The van der Waals surface area contributed by atoms with Crippen LogP contribution >= 0.6 is 0 Å². The van der Waals surface area contributed by atoms with Gasteiger partial charge in [-0.1, -0.05) is 78.4 Å². The molecule has 0 radical (unpaired) electrons. The molecule has 2 heterocycles. The van der Waals surface area contributed by atoms with Gasteiger partial charge in [0.15, 0.2) is 0 Å². The molecule has 34 heavy (non-hydrogen) atoms. The van der Waals surface area contributed by atoms with Gasteiger partial charge >= 0.3 is 0 Å². The molecule has 2 amide bonds. The number of rotatable bonds is 4. The number of carbonyl (C=O) groups is 2. The first kappa shape index (κ1) is 20.3. The Morgan fingerprint density at radius 1 is 0.706 bits per heavy atom. The number of hydrogen-bond acceptors (Lipinski definition) is 3. The summed E-state index contributed by atoms with van der Waals surface area (Å²) >= 11 is 0. The Hall–Kier alpha value is -4.31. The van der Waals surface area contributed by atoms with E-state index in [1.165, 1.54) is 4.90 Å². The monoisotopic (exact) mass is 442 g/mol. The van der Waals surface area contributed by atoms with Gasteiger partial charge in [-0.3, -0.25) is 14.5 Å². The molecular weight excluding hydrogens is 420 g/mol. The van der Waals surface area contributed by atoms with Crippen LogP contribution in [0.15, 0.2) is 97.1 Å². The van der Waals surface area contributed by atoms with E-state index in [0.717, 1.165) is 38.5 Å². The molecular formula is C30H22N2O2. The van der Waals surface area contributed by atoms with Crippen LogP contribution in [0.3, 0.4) is 0 Å². The maximum atomic E-state index is 13.5. The Morgan fingerprint density at radius 2 is 1.32 bits per heavy atom. The molecule has 1 aliphatic rings. The predicted octanol–water partition coefficient (Wildman–Crippen LogP) is 6.28. The summed E-state index contributed by atoms with van der Waals surface area (Å²) in [7, 11) is 0. The molecule has 0 aliphatic carbocycles. The lowest BCUT2D eigenvalue weighted by Gasteiger charge is -2.27. The van der Waals surface area contributed by atoms with Gasteiger partial charge in [0.05, 0.1) is 28.4 Å². The van der Waals surface area contributed by atoms with E-state index in [0.29, 0.717) is 17.5 Å². The first-order valence-corrected chi connectivity index (χ1v) is 11.4. The molecule has 1 aromatic heterocycles. The summed E-state index contributed by atoms with van der Waals surface area (Å²) in [5, 5.41) is 3.10. The molecule has 4 aromatic carbocycles. The lowest BCUT2D eigenvalue weighted by Crippen LogP contribution is -2.36. The molecule has 0 fully saturated rings. The van der Waals surface area contributed by atoms with Crippen LogP contribution in [0, 0.1) is 6.92 Å². The molecule has 0 saturated heterocycles. The number of amides is 2. The van der Waals surface area contributed by atoms with E-state index in [-0.39, 0.29) is 11.8 Å². The van der Waals surface area contributed by atoms with E-state index in [2.05, 4.69) is 19.1 Å². The van der Waals surface area contributed by atoms with E-state index in [4.69, 9.17) is 4.98 Å². The highest BCUT2D eigenvalue weighted by atomic mass is 16.2. The number of nitrogens with zero attached hydrogens (tertiary/aromatic N) is 2. The fraction of sp³-hybridized carbons (Fsp3) is 0.100. The highest BCUT2D eigenvalue weighted by Crippen LogP contribution is 2.38. The topological polar surface area (TPSA) is 50.3 Å². The number of aryl methyl sites for hydroxylation is 1. The Balaban J connectivity index is 1.60. The zero-order chi connectivity index (χ0) is 23.2. The second-order valence-electron chi connectivity index (χ2n) is 8.79. The third-order valence-corrected chi connectivity index (χ3v) is 6.61. The van der Waals surface area contributed by atoms with Crippen molar-refractivity contribution < 1.29 is 9.59 Å². The molecule has 1 atom stereocenters. The normalized spacial score (nSPS) is 14.1. The number of fused-ring (bicyclic) bond motifs is 4. The van der Waals surface area contributed by atoms with E-state index in [9.17, 15) is 9.59 Å². The zero-order valence-electron chi connectivity index (χ0n) is 18.7. The Labute approximate surface area is 197 Å². The molecule has 0 spiro atoms. The quantitative estimate of drug-likeness (QED) is 0.243. The van der Waals surface area contributed by atoms with E-state index in [1.807, 2.05) is 60.7 Å². The summed E-state index contributed by atoms with van der Waals surface area (Å²) in [6.45, 7) is 2.07. The van der Waals surface area contributed by atoms with Crippen LogP contribution < -0.4 is 0 Å². The molecule has 0 N–H and O–H groups in total. The van der Waals surface area contributed by atoms with Crippen molar-refractivity contribution in [3.63, 3.8) is 0 Å². The second kappa shape index (κ2) is 7.92. The van der Waals surface area contributed by atoms with Crippen molar-refractivity contribution in [3.05, 3.63) is 125 Å². The Kier molecular flexibility index (Phi) is 4.73. The number of aromatic nitrogens is 1. The molecule has 5 aromatic rings. The highest BCUT2D eigenvalue weighted by molar-refractivity contribution is 6.21. The molecule has 0 saturated carbocycles. The largest absolute Gasteiger partial charge is 0.269 e. The van der Waals surface area contributed by atoms with Crippen LogP contribution in [0.2, 0.25) is 0 Å². The fourth-order valence-electron chi connectivity index (χ4n) is 4.99. The molecule has 4 heteroatoms. The van der Waals surface area contributed by atoms with Crippen LogP contribution in [-0.4, -0.2) is 21.7 Å². The van der Waals surface area contributed by atoms with Gasteiger partial charge < -0.3 is 0 Å². The minimum absolute atomic E-state index is 0.267. The SMILES string of the molecule is Cc1ccc2nc(C(Cc3ccccc3)N3C(=O)c4ccccc4C3=O)c3ccccc3c2c1. The van der Waals surface area contributed by atoms with Crippen molar-refractivity contribution in [1.82, 2.24) is 9.88 Å². The average Bonchev–Trinajstić information content (AvgIpc) is 3.13. The van der Waals surface area contributed by atoms with Crippen molar-refractivity contribution in [2.45, 2.75) is 19.4 Å². The zero-order valence-corrected chi connectivity index (χ0v) is 18.7. The number of carbonyl (C=O) groups excluding carboxylic acids is 2.